The summed E-state index contributed by atoms with van der Waals surface area (Å²) >= 11 is 0. The number of carbonyl (C=O) groups excluding carboxylic acids is 2. The Bertz CT molecular complexity index is 1320. The molecule has 0 bridgehead atoms. The van der Waals surface area contributed by atoms with Crippen molar-refractivity contribution in [1.82, 2.24) is 25.2 Å². The number of aliphatic hydroxyl groups excluding tert-OH is 1. The van der Waals surface area contributed by atoms with Crippen molar-refractivity contribution in [2.45, 2.75) is 38.3 Å². The number of benzene rings is 1. The lowest BCUT2D eigenvalue weighted by Crippen LogP contribution is -2.55. The number of β-amino-alcohol motifs (C(OH)–C–C–N with tert-alkyl or cyclic N) is 1. The van der Waals surface area contributed by atoms with E-state index in [1.807, 2.05) is 0 Å². The number of H-pyrrole nitrogens is 1. The first-order chi connectivity index (χ1) is 17.9. The first-order valence-corrected chi connectivity index (χ1v) is 12.4. The number of aromatic amines is 1. The van der Waals surface area contributed by atoms with E-state index in [9.17, 15) is 19.1 Å². The minimum Gasteiger partial charge on any atom is -0.492 e. The standard InChI is InChI=1S/C26H30FN5O5/c1-14-22(26(35)31-18-7-8-32(10-19(18)33)21(34)12-36-2)24-25(30-14)23(28-13-29-24)17-6-5-16(27)9-20(17)37-11-15-3-4-15/h5-6,9,13,15,18-19,30,33H,3-4,7-8,10-12H2,1-2H3,(H,31,35)/t18-,19+/m1/s1. The van der Waals surface area contributed by atoms with Crippen LogP contribution in [0.5, 0.6) is 5.75 Å². The molecule has 11 heteroatoms. The molecule has 37 heavy (non-hydrogen) atoms. The third-order valence-electron chi connectivity index (χ3n) is 6.89. The number of aromatic nitrogens is 3. The second-order valence-corrected chi connectivity index (χ2v) is 9.67. The molecule has 5 rings (SSSR count). The number of nitrogens with one attached hydrogen (secondary N) is 2. The molecule has 2 amide bonds. The Morgan fingerprint density at radius 1 is 1.27 bits per heavy atom. The Balaban J connectivity index is 1.39. The van der Waals surface area contributed by atoms with Gasteiger partial charge in [0.25, 0.3) is 5.91 Å². The van der Waals surface area contributed by atoms with E-state index in [1.165, 1.54) is 30.5 Å². The zero-order valence-electron chi connectivity index (χ0n) is 20.8. The van der Waals surface area contributed by atoms with E-state index in [2.05, 4.69) is 20.3 Å². The molecule has 2 aliphatic rings. The number of nitrogens with zero attached hydrogens (tertiary/aromatic N) is 3. The van der Waals surface area contributed by atoms with Gasteiger partial charge >= 0.3 is 0 Å². The summed E-state index contributed by atoms with van der Waals surface area (Å²) in [6.07, 6.45) is 3.06. The summed E-state index contributed by atoms with van der Waals surface area (Å²) < 4.78 is 24.8. The molecule has 2 fully saturated rings. The number of halogens is 1. The predicted octanol–water partition coefficient (Wildman–Crippen LogP) is 2.20. The molecule has 3 aromatic rings. The lowest BCUT2D eigenvalue weighted by Gasteiger charge is -2.36. The number of hydrogen-bond acceptors (Lipinski definition) is 7. The highest BCUT2D eigenvalue weighted by Gasteiger charge is 2.32. The third kappa shape index (κ3) is 5.28. The van der Waals surface area contributed by atoms with Crippen LogP contribution in [-0.2, 0) is 9.53 Å². The highest BCUT2D eigenvalue weighted by atomic mass is 19.1. The number of rotatable bonds is 8. The zero-order chi connectivity index (χ0) is 26.1. The molecule has 10 nitrogen and oxygen atoms in total. The van der Waals surface area contributed by atoms with E-state index in [0.29, 0.717) is 64.8 Å². The molecule has 196 valence electrons. The summed E-state index contributed by atoms with van der Waals surface area (Å²) in [7, 11) is 1.44. The maximum atomic E-state index is 14.0. The number of fused-ring (bicyclic) bond motifs is 1. The van der Waals surface area contributed by atoms with Crippen molar-refractivity contribution in [2.75, 3.05) is 33.4 Å². The third-order valence-corrected chi connectivity index (χ3v) is 6.89. The number of hydrogen-bond donors (Lipinski definition) is 3. The summed E-state index contributed by atoms with van der Waals surface area (Å²) in [6, 6.07) is 3.79. The van der Waals surface area contributed by atoms with Gasteiger partial charge in [0, 0.05) is 37.5 Å². The van der Waals surface area contributed by atoms with E-state index in [0.717, 1.165) is 12.8 Å². The average molecular weight is 512 g/mol. The first-order valence-electron chi connectivity index (χ1n) is 12.4. The van der Waals surface area contributed by atoms with Crippen molar-refractivity contribution in [1.29, 1.82) is 0 Å². The molecule has 3 heterocycles. The number of aryl methyl sites for hydroxylation is 1. The van der Waals surface area contributed by atoms with Crippen molar-refractivity contribution in [2.24, 2.45) is 5.92 Å². The fourth-order valence-electron chi connectivity index (χ4n) is 4.69. The molecule has 3 N–H and O–H groups in total. The van der Waals surface area contributed by atoms with Gasteiger partial charge in [0.15, 0.2) is 0 Å². The summed E-state index contributed by atoms with van der Waals surface area (Å²) in [6.45, 7) is 2.73. The van der Waals surface area contributed by atoms with Crippen molar-refractivity contribution >= 4 is 22.8 Å². The maximum absolute atomic E-state index is 14.0. The van der Waals surface area contributed by atoms with Crippen molar-refractivity contribution < 1.29 is 28.6 Å². The smallest absolute Gasteiger partial charge is 0.255 e. The number of likely N-dealkylation sites (tertiary alicyclic amines) is 1. The van der Waals surface area contributed by atoms with E-state index in [-0.39, 0.29) is 19.1 Å². The topological polar surface area (TPSA) is 130 Å². The van der Waals surface area contributed by atoms with Gasteiger partial charge in [-0.25, -0.2) is 14.4 Å². The molecule has 1 aliphatic heterocycles. The quantitative estimate of drug-likeness (QED) is 0.423. The molecule has 0 radical (unpaired) electrons. The van der Waals surface area contributed by atoms with Crippen molar-refractivity contribution in [3.63, 3.8) is 0 Å². The molecule has 1 saturated carbocycles. The van der Waals surface area contributed by atoms with Crippen LogP contribution in [0.4, 0.5) is 4.39 Å². The Hall–Kier alpha value is -3.57. The number of carbonyl (C=O) groups is 2. The summed E-state index contributed by atoms with van der Waals surface area (Å²) in [5.41, 5.74) is 2.98. The molecule has 2 atom stereocenters. The first kappa shape index (κ1) is 25.1. The Morgan fingerprint density at radius 3 is 2.81 bits per heavy atom. The van der Waals surface area contributed by atoms with E-state index >= 15 is 0 Å². The van der Waals surface area contributed by atoms with Gasteiger partial charge in [-0.05, 0) is 44.2 Å². The number of amides is 2. The fraction of sp³-hybridized carbons (Fsp3) is 0.462. The number of aliphatic hydroxyl groups is 1. The minimum atomic E-state index is -0.917. The van der Waals surface area contributed by atoms with Gasteiger partial charge in [-0.2, -0.15) is 0 Å². The molecule has 1 aromatic carbocycles. The minimum absolute atomic E-state index is 0.0539. The van der Waals surface area contributed by atoms with Gasteiger partial charge in [0.2, 0.25) is 5.91 Å². The molecule has 0 unspecified atom stereocenters. The normalized spacial score (nSPS) is 19.7. The second-order valence-electron chi connectivity index (χ2n) is 9.67. The molecular formula is C26H30FN5O5. The molecule has 2 aromatic heterocycles. The van der Waals surface area contributed by atoms with Crippen LogP contribution in [0.1, 0.15) is 35.3 Å². The average Bonchev–Trinajstić information content (AvgIpc) is 3.64. The molecular weight excluding hydrogens is 481 g/mol. The van der Waals surface area contributed by atoms with Crippen LogP contribution in [0.15, 0.2) is 24.5 Å². The van der Waals surface area contributed by atoms with E-state index in [4.69, 9.17) is 9.47 Å². The maximum Gasteiger partial charge on any atom is 0.255 e. The number of methoxy groups -OCH3 is 1. The Labute approximate surface area is 213 Å². The van der Waals surface area contributed by atoms with Crippen LogP contribution in [0.2, 0.25) is 0 Å². The monoisotopic (exact) mass is 511 g/mol. The predicted molar refractivity (Wildman–Crippen MR) is 133 cm³/mol. The van der Waals surface area contributed by atoms with Gasteiger partial charge < -0.3 is 29.8 Å². The summed E-state index contributed by atoms with van der Waals surface area (Å²) in [5.74, 6) is -0.119. The summed E-state index contributed by atoms with van der Waals surface area (Å²) in [5, 5.41) is 13.5. The van der Waals surface area contributed by atoms with Gasteiger partial charge in [-0.15, -0.1) is 0 Å². The number of ether oxygens (including phenoxy) is 2. The van der Waals surface area contributed by atoms with Crippen LogP contribution in [-0.4, -0.2) is 82.3 Å². The largest absolute Gasteiger partial charge is 0.492 e. The summed E-state index contributed by atoms with van der Waals surface area (Å²) in [4.78, 5) is 38.9. The van der Waals surface area contributed by atoms with Gasteiger partial charge in [-0.3, -0.25) is 9.59 Å². The molecule has 1 saturated heterocycles. The molecule has 1 aliphatic carbocycles. The number of piperidine rings is 1. The lowest BCUT2D eigenvalue weighted by molar-refractivity contribution is -0.138. The van der Waals surface area contributed by atoms with Gasteiger partial charge in [0.05, 0.1) is 29.8 Å². The van der Waals surface area contributed by atoms with Gasteiger partial charge in [0.1, 0.15) is 35.7 Å². The Morgan fingerprint density at radius 2 is 2.08 bits per heavy atom. The SMILES string of the molecule is COCC(=O)N1CC[C@@H](NC(=O)c2c(C)[nH]c3c(-c4ccc(F)cc4OCC4CC4)ncnc23)[C@@H](O)C1. The van der Waals surface area contributed by atoms with Crippen LogP contribution >= 0.6 is 0 Å². The van der Waals surface area contributed by atoms with Crippen LogP contribution in [0, 0.1) is 18.7 Å². The highest BCUT2D eigenvalue weighted by Crippen LogP contribution is 2.36. The van der Waals surface area contributed by atoms with Crippen LogP contribution in [0.3, 0.4) is 0 Å². The van der Waals surface area contributed by atoms with Gasteiger partial charge in [-0.1, -0.05) is 0 Å². The fourth-order valence-corrected chi connectivity index (χ4v) is 4.69. The van der Waals surface area contributed by atoms with Crippen LogP contribution in [0.25, 0.3) is 22.3 Å². The highest BCUT2D eigenvalue weighted by molar-refractivity contribution is 6.09. The molecule has 0 spiro atoms. The Kier molecular flexibility index (Phi) is 7.07. The van der Waals surface area contributed by atoms with Crippen LogP contribution < -0.4 is 10.1 Å². The van der Waals surface area contributed by atoms with Crippen molar-refractivity contribution in [3.05, 3.63) is 41.6 Å². The van der Waals surface area contributed by atoms with Crippen molar-refractivity contribution in [3.8, 4) is 17.0 Å². The van der Waals surface area contributed by atoms with E-state index in [1.54, 1.807) is 13.0 Å². The zero-order valence-corrected chi connectivity index (χ0v) is 20.8. The lowest BCUT2D eigenvalue weighted by atomic mass is 10.0. The second kappa shape index (κ2) is 10.4. The van der Waals surface area contributed by atoms with E-state index < -0.39 is 23.9 Å².